The van der Waals surface area contributed by atoms with Crippen LogP contribution in [0.4, 0.5) is 0 Å². The molecule has 0 bridgehead atoms. The summed E-state index contributed by atoms with van der Waals surface area (Å²) in [5, 5.41) is 9.19. The van der Waals surface area contributed by atoms with Crippen molar-refractivity contribution in [1.29, 1.82) is 0 Å². The van der Waals surface area contributed by atoms with Gasteiger partial charge in [-0.05, 0) is 78.9 Å². The minimum atomic E-state index is -0.217. The molecule has 2 heteroatoms. The zero-order valence-corrected chi connectivity index (χ0v) is 13.7. The summed E-state index contributed by atoms with van der Waals surface area (Å²) in [5.41, 5.74) is 3.55. The summed E-state index contributed by atoms with van der Waals surface area (Å²) < 4.78 is 0. The van der Waals surface area contributed by atoms with Crippen LogP contribution in [0, 0.1) is 0 Å². The number of carbonyl (C=O) groups excluding carboxylic acids is 1. The molecule has 0 aliphatic heterocycles. The average Bonchev–Trinajstić information content (AvgIpc) is 2.26. The fraction of sp³-hybridized carbons (Fsp3) is 0.611. The first kappa shape index (κ1) is 18.9. The highest BCUT2D eigenvalue weighted by Crippen LogP contribution is 2.13. The Bertz CT molecular complexity index is 380. The molecular weight excluding hydrogens is 248 g/mol. The van der Waals surface area contributed by atoms with Crippen molar-refractivity contribution in [2.24, 2.45) is 0 Å². The van der Waals surface area contributed by atoms with Gasteiger partial charge in [0.1, 0.15) is 0 Å². The van der Waals surface area contributed by atoms with E-state index in [0.29, 0.717) is 0 Å². The maximum atomic E-state index is 11.6. The number of carbonyl (C=O) groups is 1. The van der Waals surface area contributed by atoms with Crippen LogP contribution in [0.25, 0.3) is 0 Å². The number of hydrogen-bond donors (Lipinski definition) is 1. The van der Waals surface area contributed by atoms with Crippen LogP contribution in [-0.2, 0) is 4.79 Å². The second-order valence-corrected chi connectivity index (χ2v) is 5.95. The molecule has 114 valence electrons. The van der Waals surface area contributed by atoms with E-state index in [9.17, 15) is 9.90 Å². The molecule has 0 aromatic heterocycles. The van der Waals surface area contributed by atoms with Gasteiger partial charge in [-0.15, -0.1) is 0 Å². The van der Waals surface area contributed by atoms with E-state index in [1.807, 2.05) is 27.7 Å². The third kappa shape index (κ3) is 11.9. The first-order chi connectivity index (χ1) is 9.31. The van der Waals surface area contributed by atoms with Crippen molar-refractivity contribution in [3.05, 3.63) is 34.9 Å². The third-order valence-corrected chi connectivity index (χ3v) is 3.04. The first-order valence-electron chi connectivity index (χ1n) is 7.51. The molecule has 0 aromatic rings. The Morgan fingerprint density at radius 3 is 2.20 bits per heavy atom. The number of allylic oxidation sites excluding steroid dienone is 6. The Morgan fingerprint density at radius 2 is 1.65 bits per heavy atom. The summed E-state index contributed by atoms with van der Waals surface area (Å²) in [4.78, 5) is 11.6. The van der Waals surface area contributed by atoms with Crippen molar-refractivity contribution in [2.75, 3.05) is 0 Å². The Morgan fingerprint density at radius 1 is 1.05 bits per heavy atom. The summed E-state index contributed by atoms with van der Waals surface area (Å²) in [6.07, 6.45) is 10.3. The normalized spacial score (nSPS) is 14.1. The number of aliphatic hydroxyl groups excluding tert-OH is 1. The van der Waals surface area contributed by atoms with E-state index < -0.39 is 0 Å². The molecule has 0 aromatic carbocycles. The lowest BCUT2D eigenvalue weighted by Crippen LogP contribution is -1.97. The SMILES string of the molecule is CC(C)=CC(=O)C=C(C)CCC/C(C)=C/CC[C@@H](C)O. The Labute approximate surface area is 124 Å². The molecule has 0 aliphatic carbocycles. The first-order valence-corrected chi connectivity index (χ1v) is 7.51. The zero-order valence-electron chi connectivity index (χ0n) is 13.7. The summed E-state index contributed by atoms with van der Waals surface area (Å²) in [6, 6.07) is 0. The van der Waals surface area contributed by atoms with Gasteiger partial charge >= 0.3 is 0 Å². The van der Waals surface area contributed by atoms with Gasteiger partial charge in [-0.1, -0.05) is 22.8 Å². The molecule has 1 N–H and O–H groups in total. The van der Waals surface area contributed by atoms with Gasteiger partial charge in [0.25, 0.3) is 0 Å². The molecule has 0 rings (SSSR count). The Kier molecular flexibility index (Phi) is 10.0. The second kappa shape index (κ2) is 10.6. The van der Waals surface area contributed by atoms with Crippen molar-refractivity contribution < 1.29 is 9.90 Å². The predicted octanol–water partition coefficient (Wildman–Crippen LogP) is 4.75. The van der Waals surface area contributed by atoms with E-state index in [4.69, 9.17) is 0 Å². The van der Waals surface area contributed by atoms with Crippen molar-refractivity contribution >= 4 is 5.78 Å². The van der Waals surface area contributed by atoms with Crippen molar-refractivity contribution in [3.8, 4) is 0 Å². The van der Waals surface area contributed by atoms with Crippen LogP contribution in [-0.4, -0.2) is 17.0 Å². The number of ketones is 1. The summed E-state index contributed by atoms with van der Waals surface area (Å²) in [7, 11) is 0. The fourth-order valence-corrected chi connectivity index (χ4v) is 1.96. The highest BCUT2D eigenvalue weighted by molar-refractivity contribution is 5.99. The van der Waals surface area contributed by atoms with E-state index in [0.717, 1.165) is 43.3 Å². The lowest BCUT2D eigenvalue weighted by molar-refractivity contribution is -0.110. The van der Waals surface area contributed by atoms with Gasteiger partial charge in [0, 0.05) is 0 Å². The molecule has 0 saturated heterocycles. The maximum Gasteiger partial charge on any atom is 0.178 e. The van der Waals surface area contributed by atoms with Crippen LogP contribution in [0.2, 0.25) is 0 Å². The Balaban J connectivity index is 4.02. The monoisotopic (exact) mass is 278 g/mol. The van der Waals surface area contributed by atoms with Crippen LogP contribution in [0.5, 0.6) is 0 Å². The molecule has 0 amide bonds. The molecular formula is C18H30O2. The van der Waals surface area contributed by atoms with E-state index in [-0.39, 0.29) is 11.9 Å². The number of aliphatic hydroxyl groups is 1. The van der Waals surface area contributed by atoms with E-state index in [2.05, 4.69) is 13.0 Å². The third-order valence-electron chi connectivity index (χ3n) is 3.04. The van der Waals surface area contributed by atoms with Gasteiger partial charge in [0.2, 0.25) is 0 Å². The lowest BCUT2D eigenvalue weighted by atomic mass is 10.0. The van der Waals surface area contributed by atoms with Crippen LogP contribution in [0.3, 0.4) is 0 Å². The molecule has 0 aliphatic rings. The summed E-state index contributed by atoms with van der Waals surface area (Å²) >= 11 is 0. The molecule has 1 atom stereocenters. The Hall–Kier alpha value is -1.15. The molecule has 2 nitrogen and oxygen atoms in total. The van der Waals surface area contributed by atoms with Gasteiger partial charge in [0.15, 0.2) is 5.78 Å². The van der Waals surface area contributed by atoms with Crippen molar-refractivity contribution in [1.82, 2.24) is 0 Å². The maximum absolute atomic E-state index is 11.6. The second-order valence-electron chi connectivity index (χ2n) is 5.95. The summed E-state index contributed by atoms with van der Waals surface area (Å²) in [5.74, 6) is 0.0895. The fourth-order valence-electron chi connectivity index (χ4n) is 1.96. The molecule has 0 spiro atoms. The summed E-state index contributed by atoms with van der Waals surface area (Å²) in [6.45, 7) is 9.84. The predicted molar refractivity (Wildman–Crippen MR) is 86.7 cm³/mol. The molecule has 0 fully saturated rings. The minimum Gasteiger partial charge on any atom is -0.393 e. The van der Waals surface area contributed by atoms with E-state index in [1.165, 1.54) is 5.57 Å². The van der Waals surface area contributed by atoms with E-state index >= 15 is 0 Å². The van der Waals surface area contributed by atoms with Crippen LogP contribution >= 0.6 is 0 Å². The van der Waals surface area contributed by atoms with E-state index in [1.54, 1.807) is 12.2 Å². The molecule has 0 heterocycles. The molecule has 0 saturated carbocycles. The zero-order chi connectivity index (χ0) is 15.5. The van der Waals surface area contributed by atoms with Crippen LogP contribution in [0.15, 0.2) is 34.9 Å². The smallest absolute Gasteiger partial charge is 0.178 e. The number of hydrogen-bond acceptors (Lipinski definition) is 2. The van der Waals surface area contributed by atoms with Gasteiger partial charge < -0.3 is 5.11 Å². The lowest BCUT2D eigenvalue weighted by Gasteiger charge is -2.04. The highest BCUT2D eigenvalue weighted by atomic mass is 16.3. The van der Waals surface area contributed by atoms with Crippen LogP contribution in [0.1, 0.15) is 66.7 Å². The average molecular weight is 278 g/mol. The molecule has 0 radical (unpaired) electrons. The minimum absolute atomic E-state index is 0.0895. The van der Waals surface area contributed by atoms with Crippen molar-refractivity contribution in [3.63, 3.8) is 0 Å². The molecule has 20 heavy (non-hydrogen) atoms. The van der Waals surface area contributed by atoms with Gasteiger partial charge in [-0.2, -0.15) is 0 Å². The van der Waals surface area contributed by atoms with Gasteiger partial charge in [0.05, 0.1) is 6.10 Å². The quantitative estimate of drug-likeness (QED) is 0.488. The topological polar surface area (TPSA) is 37.3 Å². The largest absolute Gasteiger partial charge is 0.393 e. The molecule has 0 unspecified atom stereocenters. The highest BCUT2D eigenvalue weighted by Gasteiger charge is 1.98. The van der Waals surface area contributed by atoms with Gasteiger partial charge in [-0.3, -0.25) is 4.79 Å². The van der Waals surface area contributed by atoms with Gasteiger partial charge in [-0.25, -0.2) is 0 Å². The standard InChI is InChI=1S/C18H30O2/c1-14(2)12-18(20)13-16(4)10-6-8-15(3)9-7-11-17(5)19/h9,12-13,17,19H,6-8,10-11H2,1-5H3/b15-9+,16-13?/t17-/m1/s1. The van der Waals surface area contributed by atoms with Crippen LogP contribution < -0.4 is 0 Å². The van der Waals surface area contributed by atoms with Crippen molar-refractivity contribution in [2.45, 2.75) is 72.8 Å². The number of rotatable bonds is 9.